The average Bonchev–Trinajstić information content (AvgIpc) is 3.77. The van der Waals surface area contributed by atoms with Crippen LogP contribution in [-0.2, 0) is 38.1 Å². The van der Waals surface area contributed by atoms with Gasteiger partial charge >= 0.3 is 12.1 Å². The van der Waals surface area contributed by atoms with Crippen LogP contribution in [0.5, 0.6) is 0 Å². The van der Waals surface area contributed by atoms with E-state index in [9.17, 15) is 24.3 Å². The molecule has 1 unspecified atom stereocenters. The molecule has 3 fully saturated rings. The number of alkyl carbamates (subject to hydrolysis) is 1. The van der Waals surface area contributed by atoms with Gasteiger partial charge in [-0.3, -0.25) is 9.59 Å². The second kappa shape index (κ2) is 17.3. The Bertz CT molecular complexity index is 1850. The zero-order chi connectivity index (χ0) is 42.0. The van der Waals surface area contributed by atoms with Crippen LogP contribution in [0.15, 0.2) is 29.0 Å². The van der Waals surface area contributed by atoms with Crippen molar-refractivity contribution in [1.29, 1.82) is 0 Å². The van der Waals surface area contributed by atoms with Crippen molar-refractivity contribution in [3.63, 3.8) is 0 Å². The molecular weight excluding hydrogens is 745 g/mol. The maximum Gasteiger partial charge on any atom is 0.408 e. The molecule has 3 saturated heterocycles. The van der Waals surface area contributed by atoms with Crippen molar-refractivity contribution in [3.8, 4) is 23.4 Å². The Balaban J connectivity index is 1.57. The molecule has 17 heteroatoms. The third-order valence-electron chi connectivity index (χ3n) is 11.5. The molecule has 0 aliphatic carbocycles. The molecule has 5 heterocycles. The first kappa shape index (κ1) is 43.8. The summed E-state index contributed by atoms with van der Waals surface area (Å²) in [5, 5.41) is 18.2. The van der Waals surface area contributed by atoms with E-state index >= 15 is 4.39 Å². The number of rotatable bonds is 7. The number of esters is 1. The number of nitrogens with one attached hydrogen (secondary N) is 1. The van der Waals surface area contributed by atoms with Crippen molar-refractivity contribution >= 4 is 23.6 Å². The summed E-state index contributed by atoms with van der Waals surface area (Å²) in [6, 6.07) is 1.81. The first-order valence-corrected chi connectivity index (χ1v) is 19.2. The second-order valence-corrected chi connectivity index (χ2v) is 16.1. The van der Waals surface area contributed by atoms with E-state index in [-0.39, 0.29) is 31.0 Å². The zero-order valence-corrected chi connectivity index (χ0v) is 34.1. The third-order valence-corrected chi connectivity index (χ3v) is 11.5. The number of Topliss-reactive ketones (excluding diaryl/α,β-unsaturated/α-hetero) is 2. The summed E-state index contributed by atoms with van der Waals surface area (Å²) in [5.41, 5.74) is -6.11. The lowest BCUT2D eigenvalue weighted by Crippen LogP contribution is -2.61. The standard InChI is InChI=1S/C40H54FN5O11/c1-11-28-40(8)31(44-37(51)56-40)23(4)29(47)21(2)20-38(6,52-17-12-14-25-19-26(45-57-25)34-42-15-13-16-43-34)33(24(5)32(49)39(7,41)36(50)54-28)55-35-30(48)27(46(9)10)18-22(3)53-35/h13,15-16,19,21-24,27-28,30-31,33,35,48H,11,17-18,20H2,1-10H3,(H,44,51)/t21-,22-,23-,24+,27+,28+,30-,31-,33-,35+,38-,39?,40-/m1/s1. The van der Waals surface area contributed by atoms with Crippen molar-refractivity contribution < 1.29 is 56.9 Å². The van der Waals surface area contributed by atoms with E-state index in [1.54, 1.807) is 66.3 Å². The van der Waals surface area contributed by atoms with Gasteiger partial charge in [0.1, 0.15) is 24.6 Å². The summed E-state index contributed by atoms with van der Waals surface area (Å²) in [5.74, 6) is -0.00125. The Morgan fingerprint density at radius 1 is 1.07 bits per heavy atom. The highest BCUT2D eigenvalue weighted by Gasteiger charge is 2.59. The topological polar surface area (TPSA) is 202 Å². The van der Waals surface area contributed by atoms with Gasteiger partial charge in [0, 0.05) is 42.3 Å². The number of likely N-dealkylation sites (N-methyl/N-ethyl adjacent to an activating group) is 1. The minimum Gasteiger partial charge on any atom is -0.455 e. The fraction of sp³-hybridized carbons (Fsp3) is 0.675. The van der Waals surface area contributed by atoms with Crippen LogP contribution in [0.25, 0.3) is 11.5 Å². The smallest absolute Gasteiger partial charge is 0.408 e. The van der Waals surface area contributed by atoms with Crippen LogP contribution in [0.2, 0.25) is 0 Å². The molecule has 1 amide bonds. The lowest BCUT2D eigenvalue weighted by Gasteiger charge is -2.47. The van der Waals surface area contributed by atoms with Crippen LogP contribution in [0, 0.1) is 29.6 Å². The summed E-state index contributed by atoms with van der Waals surface area (Å²) in [6.45, 7) is 11.7. The van der Waals surface area contributed by atoms with Crippen LogP contribution in [-0.4, -0.2) is 129 Å². The molecule has 312 valence electrons. The predicted molar refractivity (Wildman–Crippen MR) is 200 cm³/mol. The fourth-order valence-corrected chi connectivity index (χ4v) is 8.33. The number of hydrogen-bond acceptors (Lipinski definition) is 15. The number of fused-ring (bicyclic) bond motifs is 1. The van der Waals surface area contributed by atoms with Crippen molar-refractivity contribution in [2.24, 2.45) is 17.8 Å². The Morgan fingerprint density at radius 2 is 1.75 bits per heavy atom. The number of carbonyl (C=O) groups is 4. The highest BCUT2D eigenvalue weighted by molar-refractivity contribution is 6.08. The van der Waals surface area contributed by atoms with E-state index in [4.69, 9.17) is 28.2 Å². The predicted octanol–water partition coefficient (Wildman–Crippen LogP) is 3.44. The van der Waals surface area contributed by atoms with E-state index in [2.05, 4.69) is 32.3 Å². The van der Waals surface area contributed by atoms with Crippen molar-refractivity contribution in [1.82, 2.24) is 25.3 Å². The van der Waals surface area contributed by atoms with Crippen LogP contribution in [0.1, 0.15) is 80.4 Å². The van der Waals surface area contributed by atoms with Crippen LogP contribution in [0.4, 0.5) is 9.18 Å². The lowest BCUT2D eigenvalue weighted by atomic mass is 9.73. The van der Waals surface area contributed by atoms with Crippen LogP contribution < -0.4 is 5.32 Å². The number of carbonyl (C=O) groups excluding carboxylic acids is 4. The van der Waals surface area contributed by atoms with E-state index in [0.29, 0.717) is 17.9 Å². The van der Waals surface area contributed by atoms with E-state index in [0.717, 1.165) is 6.92 Å². The molecule has 0 saturated carbocycles. The molecule has 3 aliphatic heterocycles. The summed E-state index contributed by atoms with van der Waals surface area (Å²) in [4.78, 5) is 65.3. The zero-order valence-electron chi connectivity index (χ0n) is 34.1. The van der Waals surface area contributed by atoms with Crippen molar-refractivity contribution in [2.75, 3.05) is 20.7 Å². The molecule has 0 aromatic carbocycles. The summed E-state index contributed by atoms with van der Waals surface area (Å²) < 4.78 is 52.7. The normalized spacial score (nSPS) is 38.0. The maximum absolute atomic E-state index is 16.8. The number of halogens is 1. The number of aliphatic hydroxyl groups is 1. The number of hydrogen-bond donors (Lipinski definition) is 2. The van der Waals surface area contributed by atoms with Gasteiger partial charge in [0.15, 0.2) is 29.2 Å². The fourth-order valence-electron chi connectivity index (χ4n) is 8.33. The Hall–Kier alpha value is -4.34. The van der Waals surface area contributed by atoms with E-state index in [1.165, 1.54) is 13.8 Å². The van der Waals surface area contributed by atoms with Gasteiger partial charge in [-0.25, -0.2) is 23.9 Å². The number of alkyl halides is 1. The minimum absolute atomic E-state index is 0.0697. The van der Waals surface area contributed by atoms with Crippen LogP contribution >= 0.6 is 0 Å². The number of aliphatic hydroxyl groups excluding tert-OH is 1. The molecule has 5 rings (SSSR count). The number of ether oxygens (including phenoxy) is 5. The molecule has 2 aromatic heterocycles. The largest absolute Gasteiger partial charge is 0.455 e. The Kier molecular flexibility index (Phi) is 13.3. The van der Waals surface area contributed by atoms with Crippen molar-refractivity contribution in [2.45, 2.75) is 134 Å². The SMILES string of the molecule is CC[C@@H]1OC(=O)C(C)(F)C(=O)[C@H](C)[C@@H](O[C@@H]2O[C@H](C)C[C@H](N(C)C)[C@H]2O)[C@](C)(OCC#Cc2cc(-c3ncccn3)no2)C[C@@H](C)C(=O)[C@@H](C)[C@H]2NC(=O)O[C@]12C. The quantitative estimate of drug-likeness (QED) is 0.234. The molecule has 0 radical (unpaired) electrons. The average molecular weight is 800 g/mol. The van der Waals surface area contributed by atoms with Crippen molar-refractivity contribution in [3.05, 3.63) is 30.3 Å². The first-order valence-electron chi connectivity index (χ1n) is 19.2. The highest BCUT2D eigenvalue weighted by Crippen LogP contribution is 2.41. The summed E-state index contributed by atoms with van der Waals surface area (Å²) in [7, 11) is 3.60. The number of ketones is 2. The molecule has 0 spiro atoms. The Labute approximate surface area is 331 Å². The van der Waals surface area contributed by atoms with Gasteiger partial charge in [0.2, 0.25) is 5.76 Å². The van der Waals surface area contributed by atoms with Gasteiger partial charge in [0.25, 0.3) is 5.67 Å². The van der Waals surface area contributed by atoms with E-state index in [1.807, 2.05) is 11.8 Å². The summed E-state index contributed by atoms with van der Waals surface area (Å²) in [6.07, 6.45) is -2.91. The molecule has 16 nitrogen and oxygen atoms in total. The molecule has 3 aliphatic rings. The molecule has 57 heavy (non-hydrogen) atoms. The Morgan fingerprint density at radius 3 is 2.40 bits per heavy atom. The minimum atomic E-state index is -3.23. The van der Waals surface area contributed by atoms with Crippen LogP contribution in [0.3, 0.4) is 0 Å². The molecule has 2 aromatic rings. The third kappa shape index (κ3) is 9.05. The van der Waals surface area contributed by atoms with Gasteiger partial charge in [-0.2, -0.15) is 0 Å². The van der Waals surface area contributed by atoms with Gasteiger partial charge in [-0.1, -0.05) is 38.8 Å². The molecule has 0 bridgehead atoms. The molecule has 2 N–H and O–H groups in total. The maximum atomic E-state index is 16.8. The molecular formula is C40H54FN5O11. The van der Waals surface area contributed by atoms with Gasteiger partial charge in [-0.15, -0.1) is 0 Å². The number of nitrogens with zero attached hydrogens (tertiary/aromatic N) is 4. The first-order chi connectivity index (χ1) is 26.7. The van der Waals surface area contributed by atoms with Gasteiger partial charge < -0.3 is 43.5 Å². The highest BCUT2D eigenvalue weighted by atomic mass is 19.1. The lowest BCUT2D eigenvalue weighted by molar-refractivity contribution is -0.296. The number of amides is 1. The monoisotopic (exact) mass is 799 g/mol. The number of aromatic nitrogens is 3. The molecule has 13 atom stereocenters. The second-order valence-electron chi connectivity index (χ2n) is 16.1. The number of cyclic esters (lactones) is 1. The van der Waals surface area contributed by atoms with E-state index < -0.39 is 95.3 Å². The summed E-state index contributed by atoms with van der Waals surface area (Å²) >= 11 is 0. The van der Waals surface area contributed by atoms with Gasteiger partial charge in [0.05, 0.1) is 23.9 Å². The van der Waals surface area contributed by atoms with Gasteiger partial charge in [-0.05, 0) is 73.0 Å².